The monoisotopic (exact) mass is 504 g/mol. The number of hydrogen-bond donors (Lipinski definition) is 3. The number of amides is 1. The number of nitrogens with zero attached hydrogens (tertiary/aromatic N) is 4. The third-order valence-electron chi connectivity index (χ3n) is 5.75. The summed E-state index contributed by atoms with van der Waals surface area (Å²) in [4.78, 5) is 39.4. The van der Waals surface area contributed by atoms with Crippen LogP contribution in [0.1, 0.15) is 36.2 Å². The second kappa shape index (κ2) is 9.28. The highest BCUT2D eigenvalue weighted by Gasteiger charge is 2.33. The third-order valence-corrected chi connectivity index (χ3v) is 5.75. The first kappa shape index (κ1) is 24.6. The number of aromatic amines is 1. The van der Waals surface area contributed by atoms with Gasteiger partial charge in [-0.15, -0.1) is 0 Å². The third kappa shape index (κ3) is 4.96. The molecule has 0 radical (unpaired) electrons. The predicted octanol–water partition coefficient (Wildman–Crippen LogP) is 4.19. The number of nitro benzene ring substituents is 1. The number of nitrogens with one attached hydrogen (secondary N) is 2. The topological polar surface area (TPSA) is 154 Å². The van der Waals surface area contributed by atoms with Gasteiger partial charge in [-0.2, -0.15) is 18.3 Å². The molecule has 0 fully saturated rings. The minimum absolute atomic E-state index is 0.0148. The first-order valence-electron chi connectivity index (χ1n) is 10.6. The number of non-ortho nitro benzene ring substituents is 1. The normalized spacial score (nSPS) is 14.9. The van der Waals surface area contributed by atoms with E-state index in [0.29, 0.717) is 35.7 Å². The van der Waals surface area contributed by atoms with Crippen molar-refractivity contribution >= 4 is 33.9 Å². The summed E-state index contributed by atoms with van der Waals surface area (Å²) < 4.78 is 39.9. The van der Waals surface area contributed by atoms with Crippen molar-refractivity contribution in [2.24, 2.45) is 0 Å². The number of benzene rings is 1. The van der Waals surface area contributed by atoms with Crippen molar-refractivity contribution in [3.05, 3.63) is 73.8 Å². The van der Waals surface area contributed by atoms with E-state index in [1.807, 2.05) is 6.08 Å². The van der Waals surface area contributed by atoms with Crippen LogP contribution < -0.4 is 10.9 Å². The second-order valence-electron chi connectivity index (χ2n) is 8.17. The Morgan fingerprint density at radius 2 is 2.03 bits per heavy atom. The molecule has 1 aromatic carbocycles. The summed E-state index contributed by atoms with van der Waals surface area (Å²) in [6, 6.07) is 2.96. The van der Waals surface area contributed by atoms with E-state index in [1.54, 1.807) is 6.07 Å². The number of carbonyl (C=O) groups is 1. The molecular formula is C22H19F3N6O5. The fraction of sp³-hybridized carbons (Fsp3) is 0.273. The standard InChI is InChI=1S/C22H19F3N6O5/c1-11(13-5-14(22(23,24)25)7-15(6-13)31(35)36)27-19-16-8-18(26-9-17(16)20(32)29-28-19)12-3-2-4-30(10-12)21(33)34/h3,5-9,11H,2,4,10H2,1H3,(H,27,28)(H,29,32)(H,33,34). The van der Waals surface area contributed by atoms with Gasteiger partial charge in [-0.05, 0) is 36.6 Å². The SMILES string of the molecule is CC(Nc1n[nH]c(=O)c2cnc(C3=CCCN(C(=O)O)C3)cc12)c1cc([N+](=O)[O-])cc(C(F)(F)F)c1. The van der Waals surface area contributed by atoms with Crippen LogP contribution in [0.4, 0.5) is 29.5 Å². The van der Waals surface area contributed by atoms with Crippen molar-refractivity contribution in [2.45, 2.75) is 25.6 Å². The molecule has 0 saturated heterocycles. The zero-order valence-electron chi connectivity index (χ0n) is 18.7. The molecule has 1 aliphatic heterocycles. The molecule has 14 heteroatoms. The van der Waals surface area contributed by atoms with Crippen molar-refractivity contribution < 1.29 is 28.0 Å². The van der Waals surface area contributed by atoms with E-state index in [1.165, 1.54) is 18.0 Å². The maximum atomic E-state index is 13.3. The Labute approximate surface area is 200 Å². The average Bonchev–Trinajstić information content (AvgIpc) is 2.84. The molecule has 1 unspecified atom stereocenters. The van der Waals surface area contributed by atoms with Crippen LogP contribution in [0.15, 0.2) is 41.3 Å². The Bertz CT molecular complexity index is 1450. The van der Waals surface area contributed by atoms with Crippen LogP contribution >= 0.6 is 0 Å². The van der Waals surface area contributed by atoms with Gasteiger partial charge in [0, 0.05) is 30.3 Å². The lowest BCUT2D eigenvalue weighted by molar-refractivity contribution is -0.385. The van der Waals surface area contributed by atoms with Crippen LogP contribution in [0.2, 0.25) is 0 Å². The van der Waals surface area contributed by atoms with E-state index in [-0.39, 0.29) is 23.3 Å². The Kier molecular flexibility index (Phi) is 6.35. The summed E-state index contributed by atoms with van der Waals surface area (Å²) in [5, 5.41) is 30.1. The summed E-state index contributed by atoms with van der Waals surface area (Å²) in [6.45, 7) is 1.92. The molecular weight excluding hydrogens is 485 g/mol. The molecule has 188 valence electrons. The lowest BCUT2D eigenvalue weighted by Gasteiger charge is -2.24. The molecule has 1 atom stereocenters. The van der Waals surface area contributed by atoms with Crippen LogP contribution in [0.5, 0.6) is 0 Å². The lowest BCUT2D eigenvalue weighted by Crippen LogP contribution is -2.34. The summed E-state index contributed by atoms with van der Waals surface area (Å²) in [7, 11) is 0. The first-order valence-corrected chi connectivity index (χ1v) is 10.6. The highest BCUT2D eigenvalue weighted by molar-refractivity contribution is 5.92. The smallest absolute Gasteiger partial charge is 0.416 e. The van der Waals surface area contributed by atoms with Crippen LogP contribution in [0.25, 0.3) is 16.3 Å². The first-order chi connectivity index (χ1) is 16.9. The second-order valence-corrected chi connectivity index (χ2v) is 8.17. The van der Waals surface area contributed by atoms with Crippen molar-refractivity contribution in [3.63, 3.8) is 0 Å². The van der Waals surface area contributed by atoms with Gasteiger partial charge in [0.15, 0.2) is 5.82 Å². The van der Waals surface area contributed by atoms with E-state index in [9.17, 15) is 38.0 Å². The molecule has 3 aromatic rings. The fourth-order valence-electron chi connectivity index (χ4n) is 3.88. The molecule has 0 saturated carbocycles. The molecule has 3 heterocycles. The van der Waals surface area contributed by atoms with Gasteiger partial charge >= 0.3 is 12.3 Å². The number of anilines is 1. The summed E-state index contributed by atoms with van der Waals surface area (Å²) >= 11 is 0. The van der Waals surface area contributed by atoms with E-state index in [0.717, 1.165) is 12.1 Å². The average molecular weight is 504 g/mol. The molecule has 36 heavy (non-hydrogen) atoms. The summed E-state index contributed by atoms with van der Waals surface area (Å²) in [5.41, 5.74) is -1.42. The Morgan fingerprint density at radius 3 is 2.69 bits per heavy atom. The van der Waals surface area contributed by atoms with Crippen molar-refractivity contribution in [1.82, 2.24) is 20.1 Å². The highest BCUT2D eigenvalue weighted by Crippen LogP contribution is 2.35. The summed E-state index contributed by atoms with van der Waals surface area (Å²) in [6.07, 6.45) is -2.25. The maximum absolute atomic E-state index is 13.3. The van der Waals surface area contributed by atoms with E-state index in [4.69, 9.17) is 0 Å². The molecule has 4 rings (SSSR count). The Morgan fingerprint density at radius 1 is 1.28 bits per heavy atom. The zero-order valence-corrected chi connectivity index (χ0v) is 18.7. The number of H-pyrrole nitrogens is 1. The largest absolute Gasteiger partial charge is 0.465 e. The van der Waals surface area contributed by atoms with E-state index in [2.05, 4.69) is 20.5 Å². The van der Waals surface area contributed by atoms with Gasteiger partial charge < -0.3 is 15.3 Å². The predicted molar refractivity (Wildman–Crippen MR) is 122 cm³/mol. The van der Waals surface area contributed by atoms with Gasteiger partial charge in [0.25, 0.3) is 11.2 Å². The molecule has 1 amide bonds. The number of pyridine rings is 1. The number of nitro groups is 1. The van der Waals surface area contributed by atoms with Gasteiger partial charge in [0.1, 0.15) is 0 Å². The maximum Gasteiger partial charge on any atom is 0.416 e. The molecule has 0 spiro atoms. The minimum atomic E-state index is -4.79. The van der Waals surface area contributed by atoms with Gasteiger partial charge in [-0.3, -0.25) is 19.9 Å². The van der Waals surface area contributed by atoms with Crippen molar-refractivity contribution in [1.29, 1.82) is 0 Å². The Balaban J connectivity index is 1.73. The minimum Gasteiger partial charge on any atom is -0.465 e. The number of hydrogen-bond acceptors (Lipinski definition) is 7. The molecule has 11 nitrogen and oxygen atoms in total. The molecule has 3 N–H and O–H groups in total. The molecule has 2 aromatic heterocycles. The molecule has 0 bridgehead atoms. The molecule has 1 aliphatic rings. The molecule has 0 aliphatic carbocycles. The number of alkyl halides is 3. The Hall–Kier alpha value is -4.49. The lowest BCUT2D eigenvalue weighted by atomic mass is 10.0. The quantitative estimate of drug-likeness (QED) is 0.345. The van der Waals surface area contributed by atoms with E-state index >= 15 is 0 Å². The highest BCUT2D eigenvalue weighted by atomic mass is 19.4. The number of rotatable bonds is 5. The van der Waals surface area contributed by atoms with Crippen molar-refractivity contribution in [2.75, 3.05) is 18.4 Å². The number of halogens is 3. The zero-order chi connectivity index (χ0) is 26.2. The number of carboxylic acid groups (broad SMARTS) is 1. The van der Waals surface area contributed by atoms with Gasteiger partial charge in [-0.25, -0.2) is 9.89 Å². The number of fused-ring (bicyclic) bond motifs is 1. The van der Waals surface area contributed by atoms with Crippen LogP contribution in [-0.4, -0.2) is 49.3 Å². The van der Waals surface area contributed by atoms with E-state index < -0.39 is 40.0 Å². The van der Waals surface area contributed by atoms with Gasteiger partial charge in [-0.1, -0.05) is 6.08 Å². The van der Waals surface area contributed by atoms with Crippen molar-refractivity contribution in [3.8, 4) is 0 Å². The van der Waals surface area contributed by atoms with Crippen LogP contribution in [0, 0.1) is 10.1 Å². The number of aromatic nitrogens is 3. The van der Waals surface area contributed by atoms with Crippen LogP contribution in [-0.2, 0) is 6.18 Å². The summed E-state index contributed by atoms with van der Waals surface area (Å²) in [5.74, 6) is 0.104. The van der Waals surface area contributed by atoms with Gasteiger partial charge in [0.05, 0.1) is 34.2 Å². The van der Waals surface area contributed by atoms with Crippen LogP contribution in [0.3, 0.4) is 0 Å². The van der Waals surface area contributed by atoms with Gasteiger partial charge in [0.2, 0.25) is 0 Å². The fourth-order valence-corrected chi connectivity index (χ4v) is 3.88.